The van der Waals surface area contributed by atoms with Gasteiger partial charge in [0.1, 0.15) is 11.9 Å². The topological polar surface area (TPSA) is 35.8 Å². The molecule has 0 amide bonds. The second-order valence-corrected chi connectivity index (χ2v) is 5.65. The van der Waals surface area contributed by atoms with E-state index in [9.17, 15) is 4.39 Å². The average molecular weight is 260 g/mol. The van der Waals surface area contributed by atoms with Crippen molar-refractivity contribution in [2.24, 2.45) is 11.8 Å². The molecule has 1 saturated carbocycles. The van der Waals surface area contributed by atoms with Gasteiger partial charge >= 0.3 is 0 Å². The number of hydrogen-bond donors (Lipinski definition) is 1. The molecule has 1 aliphatic carbocycles. The SMILES string of the molecule is CC1CCC(CNCc2cccc(C#N)c2F)CC1. The second-order valence-electron chi connectivity index (χ2n) is 5.65. The molecule has 0 unspecified atom stereocenters. The molecule has 1 N–H and O–H groups in total. The van der Waals surface area contributed by atoms with Crippen molar-refractivity contribution in [2.45, 2.75) is 39.2 Å². The lowest BCUT2D eigenvalue weighted by Crippen LogP contribution is -2.26. The van der Waals surface area contributed by atoms with Gasteiger partial charge in [0, 0.05) is 12.1 Å². The molecule has 102 valence electrons. The zero-order valence-corrected chi connectivity index (χ0v) is 11.5. The molecule has 0 aromatic heterocycles. The van der Waals surface area contributed by atoms with Crippen molar-refractivity contribution in [1.29, 1.82) is 5.26 Å². The fourth-order valence-electron chi connectivity index (χ4n) is 2.75. The molecule has 0 bridgehead atoms. The molecule has 1 aromatic carbocycles. The molecule has 1 aliphatic rings. The highest BCUT2D eigenvalue weighted by Crippen LogP contribution is 2.27. The van der Waals surface area contributed by atoms with E-state index in [1.807, 2.05) is 6.07 Å². The number of rotatable bonds is 4. The van der Waals surface area contributed by atoms with Gasteiger partial charge < -0.3 is 5.32 Å². The Morgan fingerprint density at radius 2 is 2.05 bits per heavy atom. The second kappa shape index (κ2) is 6.68. The van der Waals surface area contributed by atoms with Crippen LogP contribution in [0.2, 0.25) is 0 Å². The number of benzene rings is 1. The Bertz CT molecular complexity index is 456. The lowest BCUT2D eigenvalue weighted by molar-refractivity contribution is 0.281. The third-order valence-corrected chi connectivity index (χ3v) is 4.08. The van der Waals surface area contributed by atoms with Crippen LogP contribution in [-0.4, -0.2) is 6.54 Å². The first-order valence-electron chi connectivity index (χ1n) is 7.09. The van der Waals surface area contributed by atoms with E-state index in [1.54, 1.807) is 12.1 Å². The summed E-state index contributed by atoms with van der Waals surface area (Å²) in [5.41, 5.74) is 0.717. The van der Waals surface area contributed by atoms with Gasteiger partial charge in [0.25, 0.3) is 0 Å². The Morgan fingerprint density at radius 3 is 2.74 bits per heavy atom. The van der Waals surface area contributed by atoms with Crippen LogP contribution in [0.15, 0.2) is 18.2 Å². The highest BCUT2D eigenvalue weighted by Gasteiger charge is 2.17. The third-order valence-electron chi connectivity index (χ3n) is 4.08. The highest BCUT2D eigenvalue weighted by molar-refractivity contribution is 5.34. The minimum Gasteiger partial charge on any atom is -0.312 e. The fourth-order valence-corrected chi connectivity index (χ4v) is 2.75. The van der Waals surface area contributed by atoms with Crippen LogP contribution >= 0.6 is 0 Å². The monoisotopic (exact) mass is 260 g/mol. The molecule has 0 spiro atoms. The lowest BCUT2D eigenvalue weighted by Gasteiger charge is -2.26. The summed E-state index contributed by atoms with van der Waals surface area (Å²) >= 11 is 0. The van der Waals surface area contributed by atoms with Crippen molar-refractivity contribution >= 4 is 0 Å². The van der Waals surface area contributed by atoms with Gasteiger partial charge in [0.2, 0.25) is 0 Å². The number of hydrogen-bond acceptors (Lipinski definition) is 2. The summed E-state index contributed by atoms with van der Waals surface area (Å²) in [4.78, 5) is 0. The summed E-state index contributed by atoms with van der Waals surface area (Å²) < 4.78 is 13.8. The molecule has 0 saturated heterocycles. The van der Waals surface area contributed by atoms with Crippen molar-refractivity contribution in [3.63, 3.8) is 0 Å². The van der Waals surface area contributed by atoms with Gasteiger partial charge in [-0.3, -0.25) is 0 Å². The third kappa shape index (κ3) is 3.78. The average Bonchev–Trinajstić information content (AvgIpc) is 2.43. The molecule has 1 aromatic rings. The number of halogens is 1. The van der Waals surface area contributed by atoms with E-state index in [1.165, 1.54) is 31.7 Å². The van der Waals surface area contributed by atoms with E-state index in [-0.39, 0.29) is 11.4 Å². The van der Waals surface area contributed by atoms with E-state index in [2.05, 4.69) is 12.2 Å². The summed E-state index contributed by atoms with van der Waals surface area (Å²) in [5, 5.41) is 12.1. The summed E-state index contributed by atoms with van der Waals surface area (Å²) in [6.07, 6.45) is 5.17. The predicted octanol–water partition coefficient (Wildman–Crippen LogP) is 3.61. The summed E-state index contributed by atoms with van der Waals surface area (Å²) in [7, 11) is 0. The van der Waals surface area contributed by atoms with Crippen molar-refractivity contribution in [1.82, 2.24) is 5.32 Å². The van der Waals surface area contributed by atoms with Crippen LogP contribution in [-0.2, 0) is 6.54 Å². The Labute approximate surface area is 114 Å². The van der Waals surface area contributed by atoms with Crippen molar-refractivity contribution in [2.75, 3.05) is 6.54 Å². The first-order chi connectivity index (χ1) is 9.20. The predicted molar refractivity (Wildman–Crippen MR) is 73.9 cm³/mol. The molecular formula is C16H21FN2. The summed E-state index contributed by atoms with van der Waals surface area (Å²) in [6, 6.07) is 6.87. The Morgan fingerprint density at radius 1 is 1.32 bits per heavy atom. The van der Waals surface area contributed by atoms with Gasteiger partial charge in [-0.2, -0.15) is 5.26 Å². The zero-order valence-electron chi connectivity index (χ0n) is 11.5. The van der Waals surface area contributed by atoms with Crippen LogP contribution in [0.25, 0.3) is 0 Å². The minimum atomic E-state index is -0.380. The standard InChI is InChI=1S/C16H21FN2/c1-12-5-7-13(8-6-12)10-19-11-15-4-2-3-14(9-18)16(15)17/h2-4,12-13,19H,5-8,10-11H2,1H3. The van der Waals surface area contributed by atoms with Crippen LogP contribution in [0, 0.1) is 29.0 Å². The number of nitrogens with zero attached hydrogens (tertiary/aromatic N) is 1. The van der Waals surface area contributed by atoms with Crippen LogP contribution < -0.4 is 5.32 Å². The van der Waals surface area contributed by atoms with E-state index in [0.29, 0.717) is 12.1 Å². The maximum absolute atomic E-state index is 13.8. The molecule has 0 aliphatic heterocycles. The Hall–Kier alpha value is -1.40. The minimum absolute atomic E-state index is 0.130. The quantitative estimate of drug-likeness (QED) is 0.897. The molecular weight excluding hydrogens is 239 g/mol. The van der Waals surface area contributed by atoms with Gasteiger partial charge in [0.05, 0.1) is 5.56 Å². The molecule has 3 heteroatoms. The molecule has 2 rings (SSSR count). The van der Waals surface area contributed by atoms with E-state index in [0.717, 1.165) is 18.4 Å². The smallest absolute Gasteiger partial charge is 0.145 e. The zero-order chi connectivity index (χ0) is 13.7. The van der Waals surface area contributed by atoms with E-state index in [4.69, 9.17) is 5.26 Å². The van der Waals surface area contributed by atoms with Crippen LogP contribution in [0.3, 0.4) is 0 Å². The highest BCUT2D eigenvalue weighted by atomic mass is 19.1. The molecule has 0 radical (unpaired) electrons. The van der Waals surface area contributed by atoms with Gasteiger partial charge in [-0.25, -0.2) is 4.39 Å². The first-order valence-corrected chi connectivity index (χ1v) is 7.09. The van der Waals surface area contributed by atoms with Gasteiger partial charge in [-0.15, -0.1) is 0 Å². The lowest BCUT2D eigenvalue weighted by atomic mass is 9.83. The molecule has 0 heterocycles. The Balaban J connectivity index is 1.81. The van der Waals surface area contributed by atoms with Crippen molar-refractivity contribution in [3.8, 4) is 6.07 Å². The molecule has 1 fully saturated rings. The van der Waals surface area contributed by atoms with Crippen molar-refractivity contribution < 1.29 is 4.39 Å². The first kappa shape index (κ1) is 14.0. The van der Waals surface area contributed by atoms with Gasteiger partial charge in [-0.1, -0.05) is 31.9 Å². The van der Waals surface area contributed by atoms with E-state index >= 15 is 0 Å². The normalized spacial score (nSPS) is 23.0. The van der Waals surface area contributed by atoms with Crippen molar-refractivity contribution in [3.05, 3.63) is 35.1 Å². The van der Waals surface area contributed by atoms with Crippen LogP contribution in [0.4, 0.5) is 4.39 Å². The van der Waals surface area contributed by atoms with Crippen LogP contribution in [0.5, 0.6) is 0 Å². The van der Waals surface area contributed by atoms with Crippen LogP contribution in [0.1, 0.15) is 43.7 Å². The maximum Gasteiger partial charge on any atom is 0.145 e. The largest absolute Gasteiger partial charge is 0.312 e. The number of nitriles is 1. The summed E-state index contributed by atoms with van der Waals surface area (Å²) in [5.74, 6) is 1.20. The van der Waals surface area contributed by atoms with Gasteiger partial charge in [0.15, 0.2) is 0 Å². The molecule has 19 heavy (non-hydrogen) atoms. The molecule has 2 nitrogen and oxygen atoms in total. The molecule has 0 atom stereocenters. The maximum atomic E-state index is 13.8. The number of nitrogens with one attached hydrogen (secondary N) is 1. The Kier molecular flexibility index (Phi) is 4.93. The van der Waals surface area contributed by atoms with Gasteiger partial charge in [-0.05, 0) is 37.3 Å². The van der Waals surface area contributed by atoms with E-state index < -0.39 is 0 Å². The fraction of sp³-hybridized carbons (Fsp3) is 0.562. The summed E-state index contributed by atoms with van der Waals surface area (Å²) in [6.45, 7) is 3.77.